The Balaban J connectivity index is 2.37. The summed E-state index contributed by atoms with van der Waals surface area (Å²) in [5.74, 6) is -1.44. The van der Waals surface area contributed by atoms with Gasteiger partial charge >= 0.3 is 0 Å². The van der Waals surface area contributed by atoms with Crippen LogP contribution in [0.3, 0.4) is 0 Å². The van der Waals surface area contributed by atoms with Crippen molar-refractivity contribution in [3.05, 3.63) is 50.0 Å². The Bertz CT molecular complexity index is 582. The molecule has 0 spiro atoms. The zero-order valence-corrected chi connectivity index (χ0v) is 12.7. The van der Waals surface area contributed by atoms with Crippen molar-refractivity contribution in [1.82, 2.24) is 0 Å². The van der Waals surface area contributed by atoms with Gasteiger partial charge in [-0.1, -0.05) is 0 Å². The minimum absolute atomic E-state index is 0.0549. The quantitative estimate of drug-likeness (QED) is 0.543. The van der Waals surface area contributed by atoms with Crippen LogP contribution in [0.1, 0.15) is 0 Å². The maximum atomic E-state index is 13.6. The van der Waals surface area contributed by atoms with Crippen molar-refractivity contribution < 1.29 is 8.78 Å². The van der Waals surface area contributed by atoms with Gasteiger partial charge in [0.25, 0.3) is 0 Å². The van der Waals surface area contributed by atoms with Gasteiger partial charge in [-0.3, -0.25) is 0 Å². The number of nitrogen functional groups attached to an aromatic ring is 1. The Morgan fingerprint density at radius 1 is 1.11 bits per heavy atom. The molecular formula is C12H8BrF2IN2. The van der Waals surface area contributed by atoms with Crippen LogP contribution in [-0.4, -0.2) is 0 Å². The van der Waals surface area contributed by atoms with E-state index in [0.29, 0.717) is 5.69 Å². The highest BCUT2D eigenvalue weighted by Crippen LogP contribution is 2.28. The summed E-state index contributed by atoms with van der Waals surface area (Å²) in [6, 6.07) is 7.47. The molecule has 94 valence electrons. The number of nitrogens with one attached hydrogen (secondary N) is 1. The zero-order chi connectivity index (χ0) is 13.3. The first-order chi connectivity index (χ1) is 8.47. The van der Waals surface area contributed by atoms with Gasteiger partial charge < -0.3 is 11.1 Å². The van der Waals surface area contributed by atoms with Crippen molar-refractivity contribution in [2.24, 2.45) is 0 Å². The first-order valence-electron chi connectivity index (χ1n) is 4.94. The molecule has 3 N–H and O–H groups in total. The Morgan fingerprint density at radius 3 is 2.28 bits per heavy atom. The lowest BCUT2D eigenvalue weighted by atomic mass is 10.2. The number of halogens is 4. The van der Waals surface area contributed by atoms with Crippen LogP contribution >= 0.6 is 38.5 Å². The molecule has 0 radical (unpaired) electrons. The van der Waals surface area contributed by atoms with Gasteiger partial charge in [-0.2, -0.15) is 0 Å². The predicted octanol–water partition coefficient (Wildman–Crippen LogP) is 4.66. The Morgan fingerprint density at radius 2 is 1.72 bits per heavy atom. The van der Waals surface area contributed by atoms with Crippen molar-refractivity contribution in [3.8, 4) is 0 Å². The van der Waals surface area contributed by atoms with Crippen molar-refractivity contribution in [2.45, 2.75) is 0 Å². The Kier molecular flexibility index (Phi) is 4.06. The summed E-state index contributed by atoms with van der Waals surface area (Å²) in [4.78, 5) is 0. The van der Waals surface area contributed by atoms with Gasteiger partial charge in [0.1, 0.15) is 5.69 Å². The topological polar surface area (TPSA) is 38.0 Å². The van der Waals surface area contributed by atoms with E-state index in [1.165, 1.54) is 0 Å². The van der Waals surface area contributed by atoms with Crippen LogP contribution in [0.5, 0.6) is 0 Å². The number of rotatable bonds is 2. The van der Waals surface area contributed by atoms with E-state index in [9.17, 15) is 8.78 Å². The first kappa shape index (κ1) is 13.5. The molecule has 0 aliphatic heterocycles. The molecule has 0 amide bonds. The summed E-state index contributed by atoms with van der Waals surface area (Å²) in [7, 11) is 0. The average Bonchev–Trinajstić information content (AvgIpc) is 2.28. The number of nitrogens with two attached hydrogens (primary N) is 1. The number of benzene rings is 2. The summed E-state index contributed by atoms with van der Waals surface area (Å²) in [6.07, 6.45) is 0. The van der Waals surface area contributed by atoms with Gasteiger partial charge in [-0.05, 0) is 68.9 Å². The van der Waals surface area contributed by atoms with Crippen LogP contribution in [0.15, 0.2) is 34.8 Å². The molecule has 0 atom stereocenters. The van der Waals surface area contributed by atoms with E-state index in [0.717, 1.165) is 20.2 Å². The fourth-order valence-electron chi connectivity index (χ4n) is 1.43. The standard InChI is InChI=1S/C12H8BrF2IN2/c13-8-5-7(1-2-11(8)16)18-12-9(14)3-6(17)4-10(12)15/h1-5,18H,17H2. The van der Waals surface area contributed by atoms with Crippen LogP contribution in [0.2, 0.25) is 0 Å². The van der Waals surface area contributed by atoms with Crippen molar-refractivity contribution in [1.29, 1.82) is 0 Å². The molecule has 0 fully saturated rings. The summed E-state index contributed by atoms with van der Waals surface area (Å²) in [5, 5.41) is 2.70. The average molecular weight is 425 g/mol. The highest BCUT2D eigenvalue weighted by Gasteiger charge is 2.11. The second kappa shape index (κ2) is 5.40. The maximum Gasteiger partial charge on any atom is 0.151 e. The van der Waals surface area contributed by atoms with Crippen molar-refractivity contribution in [3.63, 3.8) is 0 Å². The van der Waals surface area contributed by atoms with Gasteiger partial charge in [0.2, 0.25) is 0 Å². The molecule has 2 aromatic rings. The number of hydrogen-bond acceptors (Lipinski definition) is 2. The molecule has 6 heteroatoms. The first-order valence-corrected chi connectivity index (χ1v) is 6.81. The van der Waals surface area contributed by atoms with Gasteiger partial charge in [0.15, 0.2) is 11.6 Å². The summed E-state index contributed by atoms with van der Waals surface area (Å²) in [5.41, 5.74) is 5.78. The van der Waals surface area contributed by atoms with E-state index in [1.54, 1.807) is 12.1 Å². The highest BCUT2D eigenvalue weighted by molar-refractivity contribution is 14.1. The molecule has 2 nitrogen and oxygen atoms in total. The molecule has 0 unspecified atom stereocenters. The van der Waals surface area contributed by atoms with E-state index in [1.807, 2.05) is 6.07 Å². The second-order valence-corrected chi connectivity index (χ2v) is 5.63. The Hall–Kier alpha value is -0.890. The fraction of sp³-hybridized carbons (Fsp3) is 0. The SMILES string of the molecule is Nc1cc(F)c(Nc2ccc(I)c(Br)c2)c(F)c1. The normalized spacial score (nSPS) is 10.4. The van der Waals surface area contributed by atoms with Gasteiger partial charge in [0, 0.05) is 19.4 Å². The molecule has 0 heterocycles. The lowest BCUT2D eigenvalue weighted by Gasteiger charge is -2.10. The largest absolute Gasteiger partial charge is 0.399 e. The number of anilines is 3. The molecule has 0 saturated carbocycles. The van der Waals surface area contributed by atoms with Crippen LogP contribution in [0, 0.1) is 15.2 Å². The minimum Gasteiger partial charge on any atom is -0.399 e. The lowest BCUT2D eigenvalue weighted by Crippen LogP contribution is -1.99. The van der Waals surface area contributed by atoms with Gasteiger partial charge in [-0.15, -0.1) is 0 Å². The lowest BCUT2D eigenvalue weighted by molar-refractivity contribution is 0.592. The second-order valence-electron chi connectivity index (χ2n) is 3.61. The molecule has 18 heavy (non-hydrogen) atoms. The highest BCUT2D eigenvalue weighted by atomic mass is 127. The van der Waals surface area contributed by atoms with Crippen LogP contribution in [0.25, 0.3) is 0 Å². The third-order valence-electron chi connectivity index (χ3n) is 2.25. The minimum atomic E-state index is -0.720. The van der Waals surface area contributed by atoms with Crippen LogP contribution in [0.4, 0.5) is 25.8 Å². The predicted molar refractivity (Wildman–Crippen MR) is 80.9 cm³/mol. The summed E-state index contributed by atoms with van der Waals surface area (Å²) < 4.78 is 29.0. The van der Waals surface area contributed by atoms with E-state index < -0.39 is 11.6 Å². The third-order valence-corrected chi connectivity index (χ3v) is 4.59. The summed E-state index contributed by atoms with van der Waals surface area (Å²) >= 11 is 5.50. The van der Waals surface area contributed by atoms with Gasteiger partial charge in [0.05, 0.1) is 0 Å². The van der Waals surface area contributed by atoms with Crippen LogP contribution in [-0.2, 0) is 0 Å². The van der Waals surface area contributed by atoms with E-state index in [2.05, 4.69) is 43.8 Å². The fourth-order valence-corrected chi connectivity index (χ4v) is 2.14. The van der Waals surface area contributed by atoms with Crippen molar-refractivity contribution >= 4 is 55.6 Å². The molecule has 0 aliphatic rings. The molecule has 2 rings (SSSR count). The molecule has 0 aliphatic carbocycles. The third kappa shape index (κ3) is 2.92. The number of hydrogen-bond donors (Lipinski definition) is 2. The van der Waals surface area contributed by atoms with Crippen LogP contribution < -0.4 is 11.1 Å². The smallest absolute Gasteiger partial charge is 0.151 e. The monoisotopic (exact) mass is 424 g/mol. The zero-order valence-electron chi connectivity index (χ0n) is 8.98. The molecule has 2 aromatic carbocycles. The summed E-state index contributed by atoms with van der Waals surface area (Å²) in [6.45, 7) is 0. The van der Waals surface area contributed by atoms with E-state index in [4.69, 9.17) is 5.73 Å². The van der Waals surface area contributed by atoms with E-state index in [-0.39, 0.29) is 11.4 Å². The maximum absolute atomic E-state index is 13.6. The molecule has 0 saturated heterocycles. The van der Waals surface area contributed by atoms with Gasteiger partial charge in [-0.25, -0.2) is 8.78 Å². The van der Waals surface area contributed by atoms with Crippen molar-refractivity contribution in [2.75, 3.05) is 11.1 Å². The molecular weight excluding hydrogens is 417 g/mol. The Labute approximate surface area is 125 Å². The van der Waals surface area contributed by atoms with E-state index >= 15 is 0 Å². The molecule has 0 bridgehead atoms. The molecule has 0 aromatic heterocycles.